The van der Waals surface area contributed by atoms with Gasteiger partial charge in [-0.1, -0.05) is 35.3 Å². The molecular formula is C27H27Cl2N3O2. The summed E-state index contributed by atoms with van der Waals surface area (Å²) in [6.45, 7) is 0.430. The third-order valence-electron chi connectivity index (χ3n) is 7.95. The molecule has 2 aromatic carbocycles. The molecule has 1 N–H and O–H groups in total. The molecular weight excluding hydrogens is 469 g/mol. The first kappa shape index (κ1) is 22.0. The van der Waals surface area contributed by atoms with Crippen molar-refractivity contribution in [2.75, 3.05) is 0 Å². The van der Waals surface area contributed by atoms with Crippen molar-refractivity contribution in [2.45, 2.75) is 50.6 Å². The van der Waals surface area contributed by atoms with Crippen molar-refractivity contribution in [3.8, 4) is 5.69 Å². The molecule has 0 radical (unpaired) electrons. The minimum Gasteiger partial charge on any atom is -0.346 e. The summed E-state index contributed by atoms with van der Waals surface area (Å²) < 4.78 is 3.35. The third kappa shape index (κ3) is 3.99. The predicted molar refractivity (Wildman–Crippen MR) is 134 cm³/mol. The lowest BCUT2D eigenvalue weighted by Crippen LogP contribution is -2.60. The molecule has 0 atom stereocenters. The van der Waals surface area contributed by atoms with Crippen molar-refractivity contribution in [3.63, 3.8) is 0 Å². The first-order chi connectivity index (χ1) is 16.4. The van der Waals surface area contributed by atoms with Crippen LogP contribution < -0.4 is 10.9 Å². The lowest BCUT2D eigenvalue weighted by Gasteiger charge is -2.56. The van der Waals surface area contributed by atoms with Crippen LogP contribution in [0.5, 0.6) is 0 Å². The van der Waals surface area contributed by atoms with Gasteiger partial charge in [-0.05, 0) is 98.2 Å². The summed E-state index contributed by atoms with van der Waals surface area (Å²) in [7, 11) is 0. The molecule has 4 aliphatic rings. The Bertz CT molecular complexity index is 1260. The fourth-order valence-corrected chi connectivity index (χ4v) is 7.21. The molecule has 176 valence electrons. The highest BCUT2D eigenvalue weighted by atomic mass is 35.5. The molecule has 4 saturated carbocycles. The number of nitrogens with zero attached hydrogens (tertiary/aromatic N) is 2. The maximum absolute atomic E-state index is 13.6. The van der Waals surface area contributed by atoms with Crippen LogP contribution in [0.3, 0.4) is 0 Å². The lowest BCUT2D eigenvalue weighted by molar-refractivity contribution is -0.0167. The molecule has 4 fully saturated rings. The lowest BCUT2D eigenvalue weighted by atomic mass is 9.53. The van der Waals surface area contributed by atoms with Crippen molar-refractivity contribution in [2.24, 2.45) is 17.8 Å². The second kappa shape index (κ2) is 8.31. The van der Waals surface area contributed by atoms with Gasteiger partial charge < -0.3 is 5.32 Å². The molecule has 34 heavy (non-hydrogen) atoms. The normalized spacial score (nSPS) is 27.2. The Morgan fingerprint density at radius 3 is 1.97 bits per heavy atom. The molecule has 5 nitrogen and oxygen atoms in total. The van der Waals surface area contributed by atoms with Crippen LogP contribution in [0.2, 0.25) is 10.0 Å². The third-order valence-corrected chi connectivity index (χ3v) is 8.45. The molecule has 0 unspecified atom stereocenters. The molecule has 0 aliphatic heterocycles. The van der Waals surface area contributed by atoms with E-state index < -0.39 is 0 Å². The van der Waals surface area contributed by atoms with Gasteiger partial charge in [0.05, 0.1) is 12.2 Å². The summed E-state index contributed by atoms with van der Waals surface area (Å²) in [4.78, 5) is 27.1. The SMILES string of the molecule is O=C(NC12CC3CC(CC(C3)C1)C2)c1cn(Cc2ccc(Cl)cc2)n(-c2ccc(Cl)cc2)c1=O. The maximum Gasteiger partial charge on any atom is 0.284 e. The monoisotopic (exact) mass is 495 g/mol. The van der Waals surface area contributed by atoms with Crippen LogP contribution in [0.15, 0.2) is 59.5 Å². The molecule has 0 saturated heterocycles. The number of halogens is 2. The number of aromatic nitrogens is 2. The molecule has 1 amide bonds. The Balaban J connectivity index is 1.35. The van der Waals surface area contributed by atoms with Gasteiger partial charge in [0.15, 0.2) is 0 Å². The van der Waals surface area contributed by atoms with Gasteiger partial charge in [0.1, 0.15) is 5.56 Å². The molecule has 7 heteroatoms. The van der Waals surface area contributed by atoms with Crippen molar-refractivity contribution in [3.05, 3.63) is 86.3 Å². The molecule has 7 rings (SSSR count). The molecule has 0 spiro atoms. The van der Waals surface area contributed by atoms with E-state index in [1.54, 1.807) is 39.8 Å². The largest absolute Gasteiger partial charge is 0.346 e. The average Bonchev–Trinajstić information content (AvgIpc) is 3.10. The van der Waals surface area contributed by atoms with Gasteiger partial charge in [-0.15, -0.1) is 0 Å². The van der Waals surface area contributed by atoms with Crippen LogP contribution in [0, 0.1) is 17.8 Å². The van der Waals surface area contributed by atoms with E-state index in [0.717, 1.165) is 24.8 Å². The standard InChI is InChI=1S/C27H27Cl2N3O2/c28-21-3-1-17(2-4-21)15-31-16-24(26(34)32(31)23-7-5-22(29)6-8-23)25(33)30-27-12-18-9-19(13-27)11-20(10-18)14-27/h1-8,16,18-20H,9-15H2,(H,30,33). The maximum atomic E-state index is 13.6. The predicted octanol–water partition coefficient (Wildman–Crippen LogP) is 5.69. The van der Waals surface area contributed by atoms with Gasteiger partial charge in [-0.25, -0.2) is 4.68 Å². The number of carbonyl (C=O) groups is 1. The van der Waals surface area contributed by atoms with E-state index in [4.69, 9.17) is 23.2 Å². The smallest absolute Gasteiger partial charge is 0.284 e. The summed E-state index contributed by atoms with van der Waals surface area (Å²) >= 11 is 12.1. The topological polar surface area (TPSA) is 56.0 Å². The van der Waals surface area contributed by atoms with E-state index in [2.05, 4.69) is 5.32 Å². The second-order valence-electron chi connectivity index (χ2n) is 10.5. The number of amides is 1. The highest BCUT2D eigenvalue weighted by Gasteiger charge is 2.51. The minimum absolute atomic E-state index is 0.151. The van der Waals surface area contributed by atoms with Gasteiger partial charge >= 0.3 is 0 Å². The molecule has 4 bridgehead atoms. The average molecular weight is 496 g/mol. The van der Waals surface area contributed by atoms with Gasteiger partial charge in [-0.2, -0.15) is 0 Å². The number of hydrogen-bond donors (Lipinski definition) is 1. The van der Waals surface area contributed by atoms with Crippen molar-refractivity contribution in [1.29, 1.82) is 0 Å². The summed E-state index contributed by atoms with van der Waals surface area (Å²) in [6, 6.07) is 14.6. The van der Waals surface area contributed by atoms with E-state index in [1.165, 1.54) is 19.3 Å². The highest BCUT2D eigenvalue weighted by molar-refractivity contribution is 6.30. The van der Waals surface area contributed by atoms with Crippen LogP contribution in [0.25, 0.3) is 5.69 Å². The van der Waals surface area contributed by atoms with Crippen LogP contribution in [-0.2, 0) is 6.54 Å². The number of nitrogens with one attached hydrogen (secondary N) is 1. The number of hydrogen-bond acceptors (Lipinski definition) is 2. The van der Waals surface area contributed by atoms with Crippen LogP contribution in [-0.4, -0.2) is 20.8 Å². The van der Waals surface area contributed by atoms with E-state index in [0.29, 0.717) is 40.0 Å². The minimum atomic E-state index is -0.321. The van der Waals surface area contributed by atoms with E-state index >= 15 is 0 Å². The Morgan fingerprint density at radius 2 is 1.41 bits per heavy atom. The zero-order valence-corrected chi connectivity index (χ0v) is 20.4. The summed E-state index contributed by atoms with van der Waals surface area (Å²) in [6.07, 6.45) is 8.72. The number of benzene rings is 2. The fraction of sp³-hybridized carbons (Fsp3) is 0.407. The zero-order chi connectivity index (χ0) is 23.4. The summed E-state index contributed by atoms with van der Waals surface area (Å²) in [5, 5.41) is 4.59. The van der Waals surface area contributed by atoms with Gasteiger partial charge in [0.25, 0.3) is 11.5 Å². The molecule has 1 heterocycles. The molecule has 1 aromatic heterocycles. The van der Waals surface area contributed by atoms with E-state index in [1.807, 2.05) is 24.3 Å². The first-order valence-corrected chi connectivity index (χ1v) is 12.8. The summed E-state index contributed by atoms with van der Waals surface area (Å²) in [5.74, 6) is 1.88. The highest BCUT2D eigenvalue weighted by Crippen LogP contribution is 2.55. The van der Waals surface area contributed by atoms with Gasteiger partial charge in [0.2, 0.25) is 0 Å². The zero-order valence-electron chi connectivity index (χ0n) is 18.8. The van der Waals surface area contributed by atoms with E-state index in [9.17, 15) is 9.59 Å². The van der Waals surface area contributed by atoms with Crippen molar-refractivity contribution in [1.82, 2.24) is 14.7 Å². The second-order valence-corrected chi connectivity index (χ2v) is 11.4. The fourth-order valence-electron chi connectivity index (χ4n) is 6.96. The first-order valence-electron chi connectivity index (χ1n) is 12.0. The Hall–Kier alpha value is -2.50. The molecule has 4 aliphatic carbocycles. The molecule has 3 aromatic rings. The van der Waals surface area contributed by atoms with Crippen LogP contribution in [0.1, 0.15) is 54.4 Å². The van der Waals surface area contributed by atoms with Crippen molar-refractivity contribution >= 4 is 29.1 Å². The summed E-state index contributed by atoms with van der Waals surface area (Å²) in [5.41, 5.74) is 1.35. The Kier molecular flexibility index (Phi) is 5.38. The van der Waals surface area contributed by atoms with Crippen LogP contribution >= 0.6 is 23.2 Å². The number of rotatable bonds is 5. The van der Waals surface area contributed by atoms with Gasteiger partial charge in [-0.3, -0.25) is 14.3 Å². The van der Waals surface area contributed by atoms with Crippen molar-refractivity contribution < 1.29 is 4.79 Å². The van der Waals surface area contributed by atoms with Gasteiger partial charge in [0, 0.05) is 21.8 Å². The van der Waals surface area contributed by atoms with E-state index in [-0.39, 0.29) is 22.6 Å². The number of carbonyl (C=O) groups excluding carboxylic acids is 1. The Morgan fingerprint density at radius 1 is 0.882 bits per heavy atom. The Labute approximate surface area is 208 Å². The van der Waals surface area contributed by atoms with Crippen LogP contribution in [0.4, 0.5) is 0 Å². The quantitative estimate of drug-likeness (QED) is 0.493.